The first-order chi connectivity index (χ1) is 20.1. The van der Waals surface area contributed by atoms with E-state index in [9.17, 15) is 9.46 Å². The van der Waals surface area contributed by atoms with Crippen LogP contribution in [-0.4, -0.2) is 68.5 Å². The zero-order chi connectivity index (χ0) is 31.6. The van der Waals surface area contributed by atoms with Crippen LogP contribution in [0.3, 0.4) is 0 Å². The van der Waals surface area contributed by atoms with Crippen molar-refractivity contribution < 1.29 is 33.2 Å². The average molecular weight is 642 g/mol. The number of phosphoric ester groups is 1. The van der Waals surface area contributed by atoms with Gasteiger partial charge in [0, 0.05) is 0 Å². The molecule has 258 valence electrons. The van der Waals surface area contributed by atoms with Crippen molar-refractivity contribution in [1.29, 1.82) is 0 Å². The van der Waals surface area contributed by atoms with Crippen LogP contribution in [0.15, 0.2) is 11.6 Å². The number of hydrogen-bond donors (Lipinski definition) is 1. The van der Waals surface area contributed by atoms with Crippen LogP contribution in [0.25, 0.3) is 0 Å². The Labute approximate surface area is 270 Å². The van der Waals surface area contributed by atoms with Gasteiger partial charge in [-0.15, -0.1) is 0 Å². The summed E-state index contributed by atoms with van der Waals surface area (Å²) < 4.78 is 29.4. The summed E-state index contributed by atoms with van der Waals surface area (Å²) >= 11 is 0. The lowest BCUT2D eigenvalue weighted by Crippen LogP contribution is -2.51. The molecule has 0 aliphatic heterocycles. The summed E-state index contributed by atoms with van der Waals surface area (Å²) in [7, 11) is 2.02. The van der Waals surface area contributed by atoms with E-state index < -0.39 is 7.82 Å². The fourth-order valence-corrected chi connectivity index (χ4v) is 11.0. The van der Waals surface area contributed by atoms with Gasteiger partial charge in [-0.25, -0.2) is 4.57 Å². The molecule has 0 aromatic rings. The summed E-state index contributed by atoms with van der Waals surface area (Å²) in [4.78, 5) is 9.99. The van der Waals surface area contributed by atoms with E-state index >= 15 is 0 Å². The summed E-state index contributed by atoms with van der Waals surface area (Å²) in [6.45, 7) is 16.3. The standard InChI is InChI=1S/C36H66NO5P.H2O/c1-10-28(26(2)3)12-11-27(4)32-15-16-33-31-14-13-29-25-30(17-19-35(29,5)34(31)18-20-36(32,33)6)40-23-24-42-43(38,39)41-22-21-37(7,8)9;/h13,26-28,30-34H,10-12,14-25H2,1-9H3;1H2/t27-,28-,30+,31?,32-,33?,34?,35+,36-;/m1./s1. The van der Waals surface area contributed by atoms with E-state index in [1.165, 1.54) is 57.8 Å². The van der Waals surface area contributed by atoms with Crippen molar-refractivity contribution in [3.63, 3.8) is 0 Å². The quantitative estimate of drug-likeness (QED) is 0.0832. The Morgan fingerprint density at radius 3 is 2.34 bits per heavy atom. The minimum atomic E-state index is -4.04. The second kappa shape index (κ2) is 15.3. The number of quaternary nitrogens is 1. The molecular weight excluding hydrogens is 573 g/mol. The SMILES string of the molecule is CC[C@H](CC[C@@H](C)[C@H]1CCC2C3CC=C4C[C@@H](OCCOP(=O)(O)OCC[N+](C)(C)C)CC[C@]4(C)C3CC[C@@]21C)C(C)C.[OH-]. The molecule has 0 aromatic carbocycles. The van der Waals surface area contributed by atoms with E-state index in [0.29, 0.717) is 28.5 Å². The van der Waals surface area contributed by atoms with Crippen LogP contribution < -0.4 is 0 Å². The molecule has 2 N–H and O–H groups in total. The van der Waals surface area contributed by atoms with Gasteiger partial charge in [-0.05, 0) is 110 Å². The predicted octanol–water partition coefficient (Wildman–Crippen LogP) is 8.71. The van der Waals surface area contributed by atoms with Crippen LogP contribution in [0, 0.1) is 52.3 Å². The summed E-state index contributed by atoms with van der Waals surface area (Å²) in [5, 5.41) is 0. The molecular formula is C36H68NO6P. The van der Waals surface area contributed by atoms with Crippen molar-refractivity contribution in [2.45, 2.75) is 118 Å². The molecule has 44 heavy (non-hydrogen) atoms. The first-order valence-electron chi connectivity index (χ1n) is 17.8. The molecule has 3 saturated carbocycles. The van der Waals surface area contributed by atoms with Gasteiger partial charge in [0.1, 0.15) is 13.2 Å². The highest BCUT2D eigenvalue weighted by Gasteiger charge is 2.59. The number of rotatable bonds is 15. The molecule has 10 atom stereocenters. The molecule has 4 unspecified atom stereocenters. The Hall–Kier alpha value is -0.270. The molecule has 0 amide bonds. The lowest BCUT2D eigenvalue weighted by atomic mass is 9.47. The topological polar surface area (TPSA) is 95.0 Å². The third-order valence-electron chi connectivity index (χ3n) is 13.0. The van der Waals surface area contributed by atoms with Crippen molar-refractivity contribution in [1.82, 2.24) is 0 Å². The van der Waals surface area contributed by atoms with Crippen LogP contribution in [0.2, 0.25) is 0 Å². The highest BCUT2D eigenvalue weighted by molar-refractivity contribution is 7.47. The van der Waals surface area contributed by atoms with E-state index in [0.717, 1.165) is 54.3 Å². The van der Waals surface area contributed by atoms with Crippen molar-refractivity contribution >= 4 is 7.82 Å². The number of fused-ring (bicyclic) bond motifs is 5. The number of ether oxygens (including phenoxy) is 1. The van der Waals surface area contributed by atoms with Gasteiger partial charge in [-0.2, -0.15) is 0 Å². The molecule has 0 bridgehead atoms. The summed E-state index contributed by atoms with van der Waals surface area (Å²) in [6, 6.07) is 0. The molecule has 0 saturated heterocycles. The highest BCUT2D eigenvalue weighted by atomic mass is 31.2. The Bertz CT molecular complexity index is 996. The van der Waals surface area contributed by atoms with Crippen LogP contribution in [-0.2, 0) is 18.3 Å². The Morgan fingerprint density at radius 2 is 1.68 bits per heavy atom. The van der Waals surface area contributed by atoms with E-state index in [2.05, 4.69) is 47.6 Å². The zero-order valence-corrected chi connectivity index (χ0v) is 30.6. The fraction of sp³-hybridized carbons (Fsp3) is 0.944. The monoisotopic (exact) mass is 641 g/mol. The zero-order valence-electron chi connectivity index (χ0n) is 29.7. The molecule has 0 aromatic heterocycles. The number of nitrogens with zero attached hydrogens (tertiary/aromatic N) is 1. The molecule has 4 aliphatic carbocycles. The van der Waals surface area contributed by atoms with E-state index in [1.54, 1.807) is 5.57 Å². The van der Waals surface area contributed by atoms with E-state index in [4.69, 9.17) is 13.8 Å². The van der Waals surface area contributed by atoms with E-state index in [-0.39, 0.29) is 24.8 Å². The van der Waals surface area contributed by atoms with Crippen LogP contribution in [0.4, 0.5) is 0 Å². The lowest BCUT2D eigenvalue weighted by molar-refractivity contribution is -0.870. The van der Waals surface area contributed by atoms with Gasteiger partial charge < -0.3 is 19.6 Å². The van der Waals surface area contributed by atoms with Crippen molar-refractivity contribution in [3.8, 4) is 0 Å². The third kappa shape index (κ3) is 8.79. The Balaban J connectivity index is 0.00000529. The van der Waals surface area contributed by atoms with Crippen LogP contribution >= 0.6 is 7.82 Å². The van der Waals surface area contributed by atoms with Gasteiger partial charge in [0.2, 0.25) is 0 Å². The minimum absolute atomic E-state index is 0. The maximum absolute atomic E-state index is 12.2. The van der Waals surface area contributed by atoms with Crippen molar-refractivity contribution in [2.75, 3.05) is 47.5 Å². The van der Waals surface area contributed by atoms with E-state index in [1.807, 2.05) is 21.1 Å². The summed E-state index contributed by atoms with van der Waals surface area (Å²) in [5.41, 5.74) is 2.44. The predicted molar refractivity (Wildman–Crippen MR) is 179 cm³/mol. The molecule has 0 radical (unpaired) electrons. The maximum Gasteiger partial charge on any atom is 0.472 e. The lowest BCUT2D eigenvalue weighted by Gasteiger charge is -2.58. The van der Waals surface area contributed by atoms with Gasteiger partial charge in [0.05, 0.1) is 40.5 Å². The number of allylic oxidation sites excluding steroid dienone is 1. The fourth-order valence-electron chi connectivity index (χ4n) is 10.3. The van der Waals surface area contributed by atoms with Gasteiger partial charge in [-0.3, -0.25) is 9.05 Å². The smallest absolute Gasteiger partial charge is 0.472 e. The summed E-state index contributed by atoms with van der Waals surface area (Å²) in [5.74, 6) is 5.94. The third-order valence-corrected chi connectivity index (χ3v) is 14.0. The molecule has 4 aliphatic rings. The largest absolute Gasteiger partial charge is 0.870 e. The molecule has 0 spiro atoms. The van der Waals surface area contributed by atoms with Gasteiger partial charge in [0.15, 0.2) is 0 Å². The number of likely N-dealkylation sites (N-methyl/N-ethyl adjacent to an activating group) is 1. The molecule has 0 heterocycles. The van der Waals surface area contributed by atoms with Crippen molar-refractivity contribution in [3.05, 3.63) is 11.6 Å². The average Bonchev–Trinajstić information content (AvgIpc) is 3.27. The van der Waals surface area contributed by atoms with Gasteiger partial charge in [0.25, 0.3) is 0 Å². The molecule has 3 fully saturated rings. The van der Waals surface area contributed by atoms with Gasteiger partial charge in [-0.1, -0.05) is 66.0 Å². The van der Waals surface area contributed by atoms with Crippen LogP contribution in [0.5, 0.6) is 0 Å². The first kappa shape index (κ1) is 38.2. The second-order valence-electron chi connectivity index (χ2n) is 16.8. The second-order valence-corrected chi connectivity index (χ2v) is 18.3. The van der Waals surface area contributed by atoms with Gasteiger partial charge >= 0.3 is 7.82 Å². The number of hydrogen-bond acceptors (Lipinski definition) is 5. The maximum atomic E-state index is 12.2. The highest BCUT2D eigenvalue weighted by Crippen LogP contribution is 2.67. The molecule has 7 nitrogen and oxygen atoms in total. The molecule has 8 heteroatoms. The van der Waals surface area contributed by atoms with Crippen LogP contribution in [0.1, 0.15) is 112 Å². The normalized spacial score (nSPS) is 36.3. The Kier molecular flexibility index (Phi) is 13.3. The first-order valence-corrected chi connectivity index (χ1v) is 19.3. The van der Waals surface area contributed by atoms with Crippen molar-refractivity contribution in [2.24, 2.45) is 52.3 Å². The minimum Gasteiger partial charge on any atom is -0.870 e. The Morgan fingerprint density at radius 1 is 0.977 bits per heavy atom. The summed E-state index contributed by atoms with van der Waals surface area (Å²) in [6.07, 6.45) is 17.1. The molecule has 4 rings (SSSR count). The number of phosphoric acid groups is 1.